The first-order valence-electron chi connectivity index (χ1n) is 11.0. The van der Waals surface area contributed by atoms with E-state index in [0.29, 0.717) is 21.6 Å². The van der Waals surface area contributed by atoms with Gasteiger partial charge in [0.05, 0.1) is 16.6 Å². The second kappa shape index (κ2) is 9.32. The summed E-state index contributed by atoms with van der Waals surface area (Å²) in [6, 6.07) is 15.0. The molecule has 0 aliphatic rings. The third-order valence-corrected chi connectivity index (χ3v) is 6.89. The molecule has 0 spiro atoms. The minimum atomic E-state index is -4.56. The summed E-state index contributed by atoms with van der Waals surface area (Å²) in [7, 11) is 0. The van der Waals surface area contributed by atoms with E-state index in [1.54, 1.807) is 41.2 Å². The van der Waals surface area contributed by atoms with E-state index in [0.717, 1.165) is 23.0 Å². The average molecular weight is 527 g/mol. The molecule has 0 aliphatic carbocycles. The molecule has 0 aliphatic heterocycles. The molecule has 11 heteroatoms. The van der Waals surface area contributed by atoms with E-state index in [-0.39, 0.29) is 16.2 Å². The van der Waals surface area contributed by atoms with E-state index in [1.807, 2.05) is 0 Å². The number of benzene rings is 2. The number of carbonyl (C=O) groups excluding carboxylic acids is 1. The molecule has 3 aromatic heterocycles. The molecule has 5 rings (SSSR count). The van der Waals surface area contributed by atoms with Crippen LogP contribution in [0.3, 0.4) is 0 Å². The first kappa shape index (κ1) is 24.4. The molecule has 1 unspecified atom stereocenters. The van der Waals surface area contributed by atoms with E-state index in [2.05, 4.69) is 9.97 Å². The van der Waals surface area contributed by atoms with Crippen molar-refractivity contribution in [3.63, 3.8) is 0 Å². The third kappa shape index (κ3) is 4.77. The maximum absolute atomic E-state index is 13.5. The van der Waals surface area contributed by atoms with Crippen molar-refractivity contribution in [2.24, 2.45) is 5.73 Å². The van der Waals surface area contributed by atoms with Gasteiger partial charge in [-0.05, 0) is 42.3 Å². The zero-order chi connectivity index (χ0) is 26.3. The van der Waals surface area contributed by atoms with Gasteiger partial charge >= 0.3 is 6.18 Å². The predicted octanol–water partition coefficient (Wildman–Crippen LogP) is 6.55. The first-order valence-corrected chi connectivity index (χ1v) is 11.8. The number of aromatic nitrogens is 3. The van der Waals surface area contributed by atoms with E-state index >= 15 is 0 Å². The lowest BCUT2D eigenvalue weighted by Gasteiger charge is -2.19. The van der Waals surface area contributed by atoms with Gasteiger partial charge in [0.1, 0.15) is 28.1 Å². The molecule has 6 nitrogen and oxygen atoms in total. The highest BCUT2D eigenvalue weighted by molar-refractivity contribution is 7.16. The Bertz CT molecular complexity index is 1630. The van der Waals surface area contributed by atoms with Crippen LogP contribution in [0.4, 0.5) is 17.6 Å². The van der Waals surface area contributed by atoms with Crippen molar-refractivity contribution in [2.45, 2.75) is 19.2 Å². The maximum Gasteiger partial charge on any atom is 0.416 e. The summed E-state index contributed by atoms with van der Waals surface area (Å²) in [6.45, 7) is 1.47. The highest BCUT2D eigenvalue weighted by atomic mass is 32.1. The van der Waals surface area contributed by atoms with Crippen LogP contribution >= 0.6 is 11.3 Å². The number of alkyl halides is 3. The standard InChI is InChI=1S/C26H18F4N4O2S/c1-14(17-4-2-3-5-18(17)26(28,29)30)36-21-12-23(37-24(21)25(31)35)34-13-33-19-10-15(6-7-20(19)34)16-8-9-32-22(27)11-16/h2-14H,1H3,(H2,31,35). The van der Waals surface area contributed by atoms with E-state index in [9.17, 15) is 22.4 Å². The Balaban J connectivity index is 1.50. The second-order valence-corrected chi connectivity index (χ2v) is 9.20. The Morgan fingerprint density at radius 2 is 1.81 bits per heavy atom. The summed E-state index contributed by atoms with van der Waals surface area (Å²) >= 11 is 1.03. The van der Waals surface area contributed by atoms with Gasteiger partial charge < -0.3 is 10.5 Å². The second-order valence-electron chi connectivity index (χ2n) is 8.17. The van der Waals surface area contributed by atoms with Gasteiger partial charge in [-0.3, -0.25) is 9.36 Å². The zero-order valence-corrected chi connectivity index (χ0v) is 20.0. The zero-order valence-electron chi connectivity index (χ0n) is 19.2. The van der Waals surface area contributed by atoms with Gasteiger partial charge in [0.15, 0.2) is 0 Å². The molecule has 2 N–H and O–H groups in total. The number of carbonyl (C=O) groups is 1. The Morgan fingerprint density at radius 1 is 1.05 bits per heavy atom. The number of ether oxygens (including phenoxy) is 1. The Labute approximate surface area is 212 Å². The first-order chi connectivity index (χ1) is 17.6. The molecule has 0 fully saturated rings. The van der Waals surface area contributed by atoms with Crippen LogP contribution in [0, 0.1) is 5.95 Å². The topological polar surface area (TPSA) is 83.0 Å². The summed E-state index contributed by atoms with van der Waals surface area (Å²) in [5, 5.41) is 0.533. The number of thiophene rings is 1. The molecule has 5 aromatic rings. The number of nitrogens with zero attached hydrogens (tertiary/aromatic N) is 3. The Hall–Kier alpha value is -4.25. The number of pyridine rings is 1. The lowest BCUT2D eigenvalue weighted by atomic mass is 10.0. The van der Waals surface area contributed by atoms with Gasteiger partial charge in [-0.25, -0.2) is 9.97 Å². The quantitative estimate of drug-likeness (QED) is 0.201. The van der Waals surface area contributed by atoms with E-state index in [4.69, 9.17) is 10.5 Å². The van der Waals surface area contributed by atoms with Crippen molar-refractivity contribution in [1.82, 2.24) is 14.5 Å². The summed E-state index contributed by atoms with van der Waals surface area (Å²) in [5.41, 5.74) is 7.36. The molecule has 3 heterocycles. The largest absolute Gasteiger partial charge is 0.484 e. The normalized spacial score (nSPS) is 12.6. The van der Waals surface area contributed by atoms with Crippen LogP contribution in [-0.4, -0.2) is 20.4 Å². The SMILES string of the molecule is CC(Oc1cc(-n2cnc3cc(-c4ccnc(F)c4)ccc32)sc1C(N)=O)c1ccccc1C(F)(F)F. The maximum atomic E-state index is 13.5. The van der Waals surface area contributed by atoms with Crippen molar-refractivity contribution < 1.29 is 27.1 Å². The minimum absolute atomic E-state index is 0.0636. The average Bonchev–Trinajstić information content (AvgIpc) is 3.47. The van der Waals surface area contributed by atoms with Gasteiger partial charge in [0.25, 0.3) is 5.91 Å². The molecule has 37 heavy (non-hydrogen) atoms. The van der Waals surface area contributed by atoms with Gasteiger partial charge in [0.2, 0.25) is 5.95 Å². The fourth-order valence-electron chi connectivity index (χ4n) is 4.05. The molecular formula is C26H18F4N4O2S. The predicted molar refractivity (Wildman–Crippen MR) is 131 cm³/mol. The lowest BCUT2D eigenvalue weighted by molar-refractivity contribution is -0.139. The number of imidazole rings is 1. The smallest absolute Gasteiger partial charge is 0.416 e. The van der Waals surface area contributed by atoms with Crippen molar-refractivity contribution in [3.8, 4) is 21.9 Å². The fraction of sp³-hybridized carbons (Fsp3) is 0.115. The minimum Gasteiger partial charge on any atom is -0.484 e. The van der Waals surface area contributed by atoms with Crippen LogP contribution < -0.4 is 10.5 Å². The number of halogens is 4. The summed E-state index contributed by atoms with van der Waals surface area (Å²) in [4.78, 5) is 20.2. The Morgan fingerprint density at radius 3 is 2.54 bits per heavy atom. The molecule has 188 valence electrons. The van der Waals surface area contributed by atoms with Crippen LogP contribution in [-0.2, 0) is 6.18 Å². The molecular weight excluding hydrogens is 508 g/mol. The van der Waals surface area contributed by atoms with Crippen molar-refractivity contribution in [2.75, 3.05) is 0 Å². The number of rotatable bonds is 6. The number of nitrogens with two attached hydrogens (primary N) is 1. The fourth-order valence-corrected chi connectivity index (χ4v) is 4.98. The number of fused-ring (bicyclic) bond motifs is 1. The molecule has 0 radical (unpaired) electrons. The molecule has 0 saturated carbocycles. The molecule has 0 saturated heterocycles. The third-order valence-electron chi connectivity index (χ3n) is 5.76. The number of amides is 1. The van der Waals surface area contributed by atoms with E-state index < -0.39 is 29.7 Å². The molecule has 0 bridgehead atoms. The van der Waals surface area contributed by atoms with Gasteiger partial charge in [-0.1, -0.05) is 24.3 Å². The van der Waals surface area contributed by atoms with Crippen LogP contribution in [0.1, 0.15) is 33.8 Å². The summed E-state index contributed by atoms with van der Waals surface area (Å²) < 4.78 is 61.6. The molecule has 1 atom stereocenters. The monoisotopic (exact) mass is 526 g/mol. The highest BCUT2D eigenvalue weighted by Crippen LogP contribution is 2.39. The summed E-state index contributed by atoms with van der Waals surface area (Å²) in [5.74, 6) is -1.29. The van der Waals surface area contributed by atoms with Crippen LogP contribution in [0.5, 0.6) is 5.75 Å². The van der Waals surface area contributed by atoms with Gasteiger partial charge in [0, 0.05) is 23.9 Å². The molecule has 1 amide bonds. The van der Waals surface area contributed by atoms with E-state index in [1.165, 1.54) is 37.4 Å². The lowest BCUT2D eigenvalue weighted by Crippen LogP contribution is -2.15. The van der Waals surface area contributed by atoms with Gasteiger partial charge in [-0.2, -0.15) is 17.6 Å². The van der Waals surface area contributed by atoms with Crippen molar-refractivity contribution >= 4 is 28.3 Å². The number of hydrogen-bond acceptors (Lipinski definition) is 5. The summed E-state index contributed by atoms with van der Waals surface area (Å²) in [6.07, 6.45) is -2.65. The molecule has 2 aromatic carbocycles. The van der Waals surface area contributed by atoms with Crippen LogP contribution in [0.15, 0.2) is 73.2 Å². The Kier molecular flexibility index (Phi) is 6.16. The highest BCUT2D eigenvalue weighted by Gasteiger charge is 2.35. The number of primary amides is 1. The van der Waals surface area contributed by atoms with Crippen molar-refractivity contribution in [1.29, 1.82) is 0 Å². The van der Waals surface area contributed by atoms with Crippen LogP contribution in [0.2, 0.25) is 0 Å². The number of hydrogen-bond donors (Lipinski definition) is 1. The van der Waals surface area contributed by atoms with Gasteiger partial charge in [-0.15, -0.1) is 11.3 Å². The van der Waals surface area contributed by atoms with Crippen molar-refractivity contribution in [3.05, 3.63) is 95.1 Å². The van der Waals surface area contributed by atoms with Crippen LogP contribution in [0.25, 0.3) is 27.2 Å².